The summed E-state index contributed by atoms with van der Waals surface area (Å²) in [5, 5.41) is 11.4. The number of rotatable bonds is 4. The maximum atomic E-state index is 6.02. The Kier molecular flexibility index (Phi) is 3.92. The smallest absolute Gasteiger partial charge is 0.233 e. The highest BCUT2D eigenvalue weighted by atomic mass is 16.5. The first-order chi connectivity index (χ1) is 9.86. The number of fused-ring (bicyclic) bond motifs is 1. The van der Waals surface area contributed by atoms with Gasteiger partial charge in [-0.15, -0.1) is 5.10 Å². The molecule has 0 aliphatic heterocycles. The van der Waals surface area contributed by atoms with Gasteiger partial charge in [-0.1, -0.05) is 24.3 Å². The van der Waals surface area contributed by atoms with Gasteiger partial charge in [0.1, 0.15) is 6.10 Å². The van der Waals surface area contributed by atoms with Gasteiger partial charge in [-0.05, 0) is 43.5 Å². The van der Waals surface area contributed by atoms with E-state index in [0.717, 1.165) is 31.5 Å². The van der Waals surface area contributed by atoms with Crippen LogP contribution in [-0.4, -0.2) is 17.2 Å². The molecule has 3 rings (SSSR count). The normalized spacial score (nSPS) is 17.6. The predicted molar refractivity (Wildman–Crippen MR) is 77.5 cm³/mol. The molecule has 0 fully saturated rings. The quantitative estimate of drug-likeness (QED) is 0.927. The molecule has 1 N–H and O–H groups in total. The van der Waals surface area contributed by atoms with E-state index in [9.17, 15) is 0 Å². The second kappa shape index (κ2) is 6.01. The van der Waals surface area contributed by atoms with E-state index in [4.69, 9.17) is 4.74 Å². The fourth-order valence-corrected chi connectivity index (χ4v) is 2.66. The highest BCUT2D eigenvalue weighted by Gasteiger charge is 2.21. The molecule has 0 saturated carbocycles. The number of nitrogens with zero attached hydrogens (tertiary/aromatic N) is 2. The van der Waals surface area contributed by atoms with E-state index in [-0.39, 0.29) is 6.10 Å². The van der Waals surface area contributed by atoms with E-state index in [1.54, 1.807) is 0 Å². The van der Waals surface area contributed by atoms with E-state index in [2.05, 4.69) is 39.8 Å². The van der Waals surface area contributed by atoms with Crippen LogP contribution in [0.15, 0.2) is 36.4 Å². The Morgan fingerprint density at radius 2 is 2.10 bits per heavy atom. The number of aryl methyl sites for hydroxylation is 1. The van der Waals surface area contributed by atoms with Crippen LogP contribution in [0.1, 0.15) is 35.8 Å². The number of ether oxygens (including phenoxy) is 1. The lowest BCUT2D eigenvalue weighted by molar-refractivity contribution is 0.173. The van der Waals surface area contributed by atoms with Gasteiger partial charge >= 0.3 is 0 Å². The largest absolute Gasteiger partial charge is 0.468 e. The zero-order valence-corrected chi connectivity index (χ0v) is 11.7. The first kappa shape index (κ1) is 13.1. The fraction of sp³-hybridized carbons (Fsp3) is 0.375. The van der Waals surface area contributed by atoms with E-state index in [0.29, 0.717) is 5.88 Å². The first-order valence-electron chi connectivity index (χ1n) is 7.08. The lowest BCUT2D eigenvalue weighted by Gasteiger charge is -2.25. The Morgan fingerprint density at radius 3 is 2.90 bits per heavy atom. The Labute approximate surface area is 119 Å². The molecule has 0 bridgehead atoms. The monoisotopic (exact) mass is 269 g/mol. The van der Waals surface area contributed by atoms with Crippen LogP contribution >= 0.6 is 0 Å². The van der Waals surface area contributed by atoms with E-state index in [1.807, 2.05) is 19.2 Å². The van der Waals surface area contributed by atoms with Gasteiger partial charge in [0, 0.05) is 12.6 Å². The van der Waals surface area contributed by atoms with Crippen LogP contribution in [0, 0.1) is 0 Å². The third kappa shape index (κ3) is 2.80. The van der Waals surface area contributed by atoms with Gasteiger partial charge in [0.15, 0.2) is 0 Å². The van der Waals surface area contributed by atoms with Crippen molar-refractivity contribution in [3.05, 3.63) is 53.2 Å². The minimum absolute atomic E-state index is 0.101. The lowest BCUT2D eigenvalue weighted by atomic mass is 9.89. The molecule has 1 unspecified atom stereocenters. The van der Waals surface area contributed by atoms with Crippen molar-refractivity contribution < 1.29 is 4.74 Å². The van der Waals surface area contributed by atoms with Crippen molar-refractivity contribution in [2.45, 2.75) is 31.9 Å². The van der Waals surface area contributed by atoms with Crippen molar-refractivity contribution in [2.24, 2.45) is 0 Å². The molecule has 1 aromatic carbocycles. The molecule has 0 spiro atoms. The fourth-order valence-electron chi connectivity index (χ4n) is 2.66. The summed E-state index contributed by atoms with van der Waals surface area (Å²) in [6.45, 7) is 0.722. The molecule has 2 aromatic rings. The highest BCUT2D eigenvalue weighted by Crippen LogP contribution is 2.32. The maximum absolute atomic E-state index is 6.02. The van der Waals surface area contributed by atoms with Crippen molar-refractivity contribution in [1.29, 1.82) is 0 Å². The van der Waals surface area contributed by atoms with Gasteiger partial charge in [-0.25, -0.2) is 0 Å². The third-order valence-corrected chi connectivity index (χ3v) is 3.63. The number of hydrogen-bond donors (Lipinski definition) is 1. The predicted octanol–water partition coefficient (Wildman–Crippen LogP) is 2.65. The zero-order chi connectivity index (χ0) is 13.8. The molecular weight excluding hydrogens is 250 g/mol. The molecule has 1 heterocycles. The average molecular weight is 269 g/mol. The molecular formula is C16H19N3O. The molecule has 4 nitrogen and oxygen atoms in total. The summed E-state index contributed by atoms with van der Waals surface area (Å²) < 4.78 is 6.02. The summed E-state index contributed by atoms with van der Waals surface area (Å²) in [7, 11) is 1.89. The highest BCUT2D eigenvalue weighted by molar-refractivity contribution is 5.32. The van der Waals surface area contributed by atoms with Crippen molar-refractivity contribution >= 4 is 0 Å². The van der Waals surface area contributed by atoms with Crippen LogP contribution < -0.4 is 10.1 Å². The van der Waals surface area contributed by atoms with Crippen LogP contribution in [0.3, 0.4) is 0 Å². The Bertz CT molecular complexity index is 568. The van der Waals surface area contributed by atoms with Gasteiger partial charge in [0.05, 0.1) is 5.69 Å². The maximum Gasteiger partial charge on any atom is 0.233 e. The minimum atomic E-state index is 0.101. The summed E-state index contributed by atoms with van der Waals surface area (Å²) in [4.78, 5) is 0. The van der Waals surface area contributed by atoms with Gasteiger partial charge in [-0.3, -0.25) is 0 Å². The molecule has 0 radical (unpaired) electrons. The second-order valence-corrected chi connectivity index (χ2v) is 5.09. The molecule has 4 heteroatoms. The Balaban J connectivity index is 1.75. The Morgan fingerprint density at radius 1 is 1.20 bits per heavy atom. The number of benzene rings is 1. The van der Waals surface area contributed by atoms with Crippen LogP contribution in [0.4, 0.5) is 0 Å². The number of hydrogen-bond acceptors (Lipinski definition) is 4. The van der Waals surface area contributed by atoms with Crippen LogP contribution in [0.25, 0.3) is 0 Å². The second-order valence-electron chi connectivity index (χ2n) is 5.09. The first-order valence-corrected chi connectivity index (χ1v) is 7.08. The standard InChI is InChI=1S/C16H19N3O/c1-17-11-13-9-10-16(19-18-13)20-15-8-4-6-12-5-2-3-7-14(12)15/h2-3,5,7,9-10,15,17H,4,6,8,11H2,1H3. The summed E-state index contributed by atoms with van der Waals surface area (Å²) in [5.74, 6) is 0.603. The average Bonchev–Trinajstić information content (AvgIpc) is 2.50. The molecule has 1 atom stereocenters. The molecule has 20 heavy (non-hydrogen) atoms. The number of nitrogens with one attached hydrogen (secondary N) is 1. The van der Waals surface area contributed by atoms with Gasteiger partial charge < -0.3 is 10.1 Å². The summed E-state index contributed by atoms with van der Waals surface area (Å²) >= 11 is 0. The number of aromatic nitrogens is 2. The van der Waals surface area contributed by atoms with Gasteiger partial charge in [0.25, 0.3) is 0 Å². The molecule has 1 aliphatic rings. The van der Waals surface area contributed by atoms with Crippen LogP contribution in [0.2, 0.25) is 0 Å². The molecule has 0 saturated heterocycles. The van der Waals surface area contributed by atoms with E-state index >= 15 is 0 Å². The van der Waals surface area contributed by atoms with Crippen molar-refractivity contribution in [3.8, 4) is 5.88 Å². The van der Waals surface area contributed by atoms with Gasteiger partial charge in [-0.2, -0.15) is 5.10 Å². The lowest BCUT2D eigenvalue weighted by Crippen LogP contribution is -2.16. The van der Waals surface area contributed by atoms with E-state index in [1.165, 1.54) is 11.1 Å². The van der Waals surface area contributed by atoms with Gasteiger partial charge in [0.2, 0.25) is 5.88 Å². The molecule has 0 amide bonds. The minimum Gasteiger partial charge on any atom is -0.468 e. The van der Waals surface area contributed by atoms with E-state index < -0.39 is 0 Å². The topological polar surface area (TPSA) is 47.0 Å². The third-order valence-electron chi connectivity index (χ3n) is 3.63. The van der Waals surface area contributed by atoms with Crippen LogP contribution in [0.5, 0.6) is 5.88 Å². The Hall–Kier alpha value is -1.94. The molecule has 104 valence electrons. The summed E-state index contributed by atoms with van der Waals surface area (Å²) in [5.41, 5.74) is 3.60. The molecule has 1 aliphatic carbocycles. The summed E-state index contributed by atoms with van der Waals surface area (Å²) in [6.07, 6.45) is 3.44. The summed E-state index contributed by atoms with van der Waals surface area (Å²) in [6, 6.07) is 12.4. The molecule has 1 aromatic heterocycles. The van der Waals surface area contributed by atoms with Crippen molar-refractivity contribution in [1.82, 2.24) is 15.5 Å². The zero-order valence-electron chi connectivity index (χ0n) is 11.7. The van der Waals surface area contributed by atoms with Crippen molar-refractivity contribution in [3.63, 3.8) is 0 Å². The SMILES string of the molecule is CNCc1ccc(OC2CCCc3ccccc32)nn1. The van der Waals surface area contributed by atoms with Crippen molar-refractivity contribution in [2.75, 3.05) is 7.05 Å². The van der Waals surface area contributed by atoms with Crippen LogP contribution in [-0.2, 0) is 13.0 Å².